The predicted octanol–water partition coefficient (Wildman–Crippen LogP) is 0.900. The molecule has 16 heavy (non-hydrogen) atoms. The number of aromatic amines is 1. The number of hydrogen-bond acceptors (Lipinski definition) is 4. The molecule has 0 atom stereocenters. The van der Waals surface area contributed by atoms with E-state index in [9.17, 15) is 9.18 Å². The van der Waals surface area contributed by atoms with Crippen LogP contribution in [0, 0.1) is 12.7 Å². The van der Waals surface area contributed by atoms with Gasteiger partial charge in [0.1, 0.15) is 5.82 Å². The molecule has 0 aliphatic rings. The van der Waals surface area contributed by atoms with E-state index in [0.717, 1.165) is 0 Å². The van der Waals surface area contributed by atoms with Crippen molar-refractivity contribution in [2.45, 2.75) is 6.92 Å². The fraction of sp³-hybridized carbons (Fsp3) is 0.111. The minimum Gasteiger partial charge on any atom is -0.319 e. The van der Waals surface area contributed by atoms with Gasteiger partial charge in [-0.1, -0.05) is 0 Å². The van der Waals surface area contributed by atoms with Crippen LogP contribution in [0.2, 0.25) is 0 Å². The molecule has 1 amide bonds. The molecule has 2 N–H and O–H groups in total. The van der Waals surface area contributed by atoms with Gasteiger partial charge in [-0.05, 0) is 35.9 Å². The van der Waals surface area contributed by atoms with Gasteiger partial charge in [-0.25, -0.2) is 4.39 Å². The summed E-state index contributed by atoms with van der Waals surface area (Å²) < 4.78 is 13.0. The van der Waals surface area contributed by atoms with Gasteiger partial charge in [-0.15, -0.1) is 10.2 Å². The Morgan fingerprint density at radius 2 is 2.25 bits per heavy atom. The molecule has 2 rings (SSSR count). The highest BCUT2D eigenvalue weighted by molar-refractivity contribution is 6.01. The molecule has 0 saturated heterocycles. The Bertz CT molecular complexity index is 490. The van der Waals surface area contributed by atoms with Crippen LogP contribution >= 0.6 is 0 Å². The summed E-state index contributed by atoms with van der Waals surface area (Å²) >= 11 is 0. The number of carbonyl (C=O) groups excluding carboxylic acids is 1. The smallest absolute Gasteiger partial charge is 0.297 e. The van der Waals surface area contributed by atoms with Crippen LogP contribution in [0.3, 0.4) is 0 Å². The minimum absolute atomic E-state index is 0.0954. The molecule has 0 spiro atoms. The number of H-pyrrole nitrogens is 1. The van der Waals surface area contributed by atoms with Crippen molar-refractivity contribution in [3.8, 4) is 0 Å². The average molecular weight is 221 g/mol. The Balaban J connectivity index is 2.18. The highest BCUT2D eigenvalue weighted by atomic mass is 19.1. The molecule has 0 radical (unpaired) electrons. The summed E-state index contributed by atoms with van der Waals surface area (Å²) in [5.41, 5.74) is 1.07. The van der Waals surface area contributed by atoms with Crippen molar-refractivity contribution >= 4 is 11.6 Å². The number of anilines is 1. The third-order valence-electron chi connectivity index (χ3n) is 1.85. The molecule has 82 valence electrons. The summed E-state index contributed by atoms with van der Waals surface area (Å²) in [6.07, 6.45) is 0. The largest absolute Gasteiger partial charge is 0.319 e. The fourth-order valence-electron chi connectivity index (χ4n) is 1.25. The number of aromatic nitrogens is 4. The van der Waals surface area contributed by atoms with E-state index in [4.69, 9.17) is 0 Å². The van der Waals surface area contributed by atoms with Crippen LogP contribution in [0.5, 0.6) is 0 Å². The van der Waals surface area contributed by atoms with Crippen molar-refractivity contribution in [1.29, 1.82) is 0 Å². The SMILES string of the molecule is Cc1cc(F)cc(NC(=O)c2nn[nH]n2)c1. The zero-order chi connectivity index (χ0) is 11.5. The summed E-state index contributed by atoms with van der Waals surface area (Å²) in [6, 6.07) is 4.22. The molecule has 0 bridgehead atoms. The van der Waals surface area contributed by atoms with Crippen LogP contribution in [-0.4, -0.2) is 26.5 Å². The van der Waals surface area contributed by atoms with Gasteiger partial charge in [0.25, 0.3) is 11.7 Å². The first-order chi connectivity index (χ1) is 7.65. The molecule has 1 aromatic carbocycles. The third-order valence-corrected chi connectivity index (χ3v) is 1.85. The van der Waals surface area contributed by atoms with Gasteiger partial charge in [-0.3, -0.25) is 4.79 Å². The van der Waals surface area contributed by atoms with E-state index in [-0.39, 0.29) is 5.82 Å². The number of benzene rings is 1. The number of aryl methyl sites for hydroxylation is 1. The van der Waals surface area contributed by atoms with E-state index < -0.39 is 11.7 Å². The summed E-state index contributed by atoms with van der Waals surface area (Å²) in [6.45, 7) is 1.73. The van der Waals surface area contributed by atoms with Gasteiger partial charge in [0.15, 0.2) is 0 Å². The van der Waals surface area contributed by atoms with E-state index >= 15 is 0 Å². The van der Waals surface area contributed by atoms with Crippen molar-refractivity contribution in [2.24, 2.45) is 0 Å². The van der Waals surface area contributed by atoms with Crippen molar-refractivity contribution in [2.75, 3.05) is 5.32 Å². The molecule has 1 heterocycles. The zero-order valence-corrected chi connectivity index (χ0v) is 8.36. The lowest BCUT2D eigenvalue weighted by Crippen LogP contribution is -2.14. The highest BCUT2D eigenvalue weighted by Crippen LogP contribution is 2.13. The van der Waals surface area contributed by atoms with Gasteiger partial charge in [0.05, 0.1) is 0 Å². The molecule has 7 heteroatoms. The number of halogens is 1. The summed E-state index contributed by atoms with van der Waals surface area (Å²) in [5, 5.41) is 14.9. The first-order valence-electron chi connectivity index (χ1n) is 4.47. The number of rotatable bonds is 2. The van der Waals surface area contributed by atoms with Crippen LogP contribution in [0.1, 0.15) is 16.2 Å². The number of amides is 1. The molecule has 1 aromatic heterocycles. The van der Waals surface area contributed by atoms with Crippen LogP contribution in [0.4, 0.5) is 10.1 Å². The molecule has 0 saturated carbocycles. The maximum atomic E-state index is 13.0. The van der Waals surface area contributed by atoms with E-state index in [1.54, 1.807) is 13.0 Å². The van der Waals surface area contributed by atoms with E-state index in [0.29, 0.717) is 11.3 Å². The van der Waals surface area contributed by atoms with Crippen LogP contribution in [-0.2, 0) is 0 Å². The Morgan fingerprint density at radius 3 is 2.88 bits per heavy atom. The van der Waals surface area contributed by atoms with Crippen molar-refractivity contribution < 1.29 is 9.18 Å². The van der Waals surface area contributed by atoms with Crippen LogP contribution < -0.4 is 5.32 Å². The van der Waals surface area contributed by atoms with E-state index in [2.05, 4.69) is 25.9 Å². The molecule has 0 fully saturated rings. The number of tetrazole rings is 1. The summed E-state index contributed by atoms with van der Waals surface area (Å²) in [5.74, 6) is -1.05. The molecular weight excluding hydrogens is 213 g/mol. The molecule has 6 nitrogen and oxygen atoms in total. The monoisotopic (exact) mass is 221 g/mol. The highest BCUT2D eigenvalue weighted by Gasteiger charge is 2.11. The topological polar surface area (TPSA) is 83.6 Å². The van der Waals surface area contributed by atoms with Crippen LogP contribution in [0.15, 0.2) is 18.2 Å². The first kappa shape index (κ1) is 10.2. The van der Waals surface area contributed by atoms with Gasteiger partial charge >= 0.3 is 0 Å². The second-order valence-electron chi connectivity index (χ2n) is 3.21. The number of hydrogen-bond donors (Lipinski definition) is 2. The minimum atomic E-state index is -0.543. The van der Waals surface area contributed by atoms with Gasteiger partial charge in [-0.2, -0.15) is 5.21 Å². The number of nitrogens with one attached hydrogen (secondary N) is 2. The maximum Gasteiger partial charge on any atom is 0.297 e. The third kappa shape index (κ3) is 2.19. The van der Waals surface area contributed by atoms with Crippen LogP contribution in [0.25, 0.3) is 0 Å². The lowest BCUT2D eigenvalue weighted by Gasteiger charge is -2.03. The molecular formula is C9H8FN5O. The van der Waals surface area contributed by atoms with Crippen molar-refractivity contribution in [3.05, 3.63) is 35.4 Å². The van der Waals surface area contributed by atoms with Gasteiger partial charge in [0.2, 0.25) is 0 Å². The molecule has 0 aliphatic carbocycles. The Labute approximate surface area is 89.9 Å². The molecule has 0 aliphatic heterocycles. The molecule has 0 unspecified atom stereocenters. The second-order valence-corrected chi connectivity index (χ2v) is 3.21. The number of nitrogens with zero attached hydrogens (tertiary/aromatic N) is 3. The maximum absolute atomic E-state index is 13.0. The number of carbonyl (C=O) groups is 1. The van der Waals surface area contributed by atoms with Gasteiger partial charge in [0, 0.05) is 5.69 Å². The normalized spacial score (nSPS) is 10.1. The zero-order valence-electron chi connectivity index (χ0n) is 8.36. The molecule has 2 aromatic rings. The average Bonchev–Trinajstić information content (AvgIpc) is 2.68. The lowest BCUT2D eigenvalue weighted by atomic mass is 10.2. The standard InChI is InChI=1S/C9H8FN5O/c1-5-2-6(10)4-7(3-5)11-9(16)8-12-14-15-13-8/h2-4H,1H3,(H,11,16)(H,12,13,14,15). The Morgan fingerprint density at radius 1 is 1.44 bits per heavy atom. The summed E-state index contributed by atoms with van der Waals surface area (Å²) in [7, 11) is 0. The Hall–Kier alpha value is -2.31. The quantitative estimate of drug-likeness (QED) is 0.789. The lowest BCUT2D eigenvalue weighted by molar-refractivity contribution is 0.101. The second kappa shape index (κ2) is 4.05. The predicted molar refractivity (Wildman–Crippen MR) is 53.3 cm³/mol. The summed E-state index contributed by atoms with van der Waals surface area (Å²) in [4.78, 5) is 11.5. The van der Waals surface area contributed by atoms with E-state index in [1.165, 1.54) is 12.1 Å². The van der Waals surface area contributed by atoms with Crippen molar-refractivity contribution in [3.63, 3.8) is 0 Å². The first-order valence-corrected chi connectivity index (χ1v) is 4.47. The Kier molecular flexibility index (Phi) is 2.59. The van der Waals surface area contributed by atoms with Crippen molar-refractivity contribution in [1.82, 2.24) is 20.6 Å². The van der Waals surface area contributed by atoms with E-state index in [1.807, 2.05) is 0 Å². The fourth-order valence-corrected chi connectivity index (χ4v) is 1.25. The van der Waals surface area contributed by atoms with Gasteiger partial charge < -0.3 is 5.32 Å².